The minimum absolute atomic E-state index is 0.0183. The fourth-order valence-electron chi connectivity index (χ4n) is 3.71. The molecule has 0 aliphatic carbocycles. The first-order valence-corrected chi connectivity index (χ1v) is 10.3. The molecule has 0 saturated carbocycles. The van der Waals surface area contributed by atoms with Crippen molar-refractivity contribution in [3.8, 4) is 17.2 Å². The number of aryl methyl sites for hydroxylation is 1. The molecule has 3 aromatic rings. The highest BCUT2D eigenvalue weighted by molar-refractivity contribution is 7.22. The molecular weight excluding hydrogens is 390 g/mol. The SMILES string of the molecule is COc1ccc(C)c2sc(N3CCN(C(=O)c4ccc5c(c4)OCO5)CC3)nc12. The maximum Gasteiger partial charge on any atom is 0.254 e. The summed E-state index contributed by atoms with van der Waals surface area (Å²) in [6, 6.07) is 9.38. The summed E-state index contributed by atoms with van der Waals surface area (Å²) in [4.78, 5) is 21.8. The predicted molar refractivity (Wildman–Crippen MR) is 112 cm³/mol. The van der Waals surface area contributed by atoms with E-state index < -0.39 is 0 Å². The van der Waals surface area contributed by atoms with Crippen LogP contribution >= 0.6 is 11.3 Å². The van der Waals surface area contributed by atoms with E-state index in [2.05, 4.69) is 17.9 Å². The Morgan fingerprint density at radius 1 is 1.10 bits per heavy atom. The molecule has 0 bridgehead atoms. The molecule has 3 heterocycles. The molecular formula is C21H21N3O4S. The van der Waals surface area contributed by atoms with Crippen molar-refractivity contribution in [3.63, 3.8) is 0 Å². The Hall–Kier alpha value is -3.00. The van der Waals surface area contributed by atoms with Gasteiger partial charge in [-0.15, -0.1) is 0 Å². The van der Waals surface area contributed by atoms with Crippen molar-refractivity contribution < 1.29 is 19.0 Å². The van der Waals surface area contributed by atoms with Crippen LogP contribution in [0.15, 0.2) is 30.3 Å². The summed E-state index contributed by atoms with van der Waals surface area (Å²) >= 11 is 1.68. The number of thiazole rings is 1. The third-order valence-electron chi connectivity index (χ3n) is 5.37. The first-order valence-electron chi connectivity index (χ1n) is 9.52. The van der Waals surface area contributed by atoms with Crippen LogP contribution in [0.25, 0.3) is 10.2 Å². The van der Waals surface area contributed by atoms with Gasteiger partial charge in [0.25, 0.3) is 5.91 Å². The molecule has 0 N–H and O–H groups in total. The summed E-state index contributed by atoms with van der Waals surface area (Å²) in [6.07, 6.45) is 0. The number of benzene rings is 2. The molecule has 0 unspecified atom stereocenters. The number of ether oxygens (including phenoxy) is 3. The second-order valence-corrected chi connectivity index (χ2v) is 8.08. The maximum atomic E-state index is 12.9. The smallest absolute Gasteiger partial charge is 0.254 e. The van der Waals surface area contributed by atoms with Gasteiger partial charge in [0.05, 0.1) is 11.8 Å². The van der Waals surface area contributed by atoms with Crippen LogP contribution in [0.2, 0.25) is 0 Å². The van der Waals surface area contributed by atoms with Crippen molar-refractivity contribution >= 4 is 32.6 Å². The van der Waals surface area contributed by atoms with Crippen LogP contribution in [0, 0.1) is 6.92 Å². The van der Waals surface area contributed by atoms with E-state index >= 15 is 0 Å². The standard InChI is InChI=1S/C21H21N3O4S/c1-13-3-5-16(26-2)18-19(13)29-21(22-18)24-9-7-23(8-10-24)20(25)14-4-6-15-17(11-14)28-12-27-15/h3-6,11H,7-10,12H2,1-2H3. The number of carbonyl (C=O) groups excluding carboxylic acids is 1. The number of fused-ring (bicyclic) bond motifs is 2. The van der Waals surface area contributed by atoms with E-state index in [1.165, 1.54) is 5.56 Å². The number of rotatable bonds is 3. The van der Waals surface area contributed by atoms with E-state index in [0.29, 0.717) is 30.2 Å². The van der Waals surface area contributed by atoms with Crippen LogP contribution in [-0.2, 0) is 0 Å². The second kappa shape index (κ2) is 7.11. The topological polar surface area (TPSA) is 64.1 Å². The van der Waals surface area contributed by atoms with Crippen LogP contribution in [0.5, 0.6) is 17.2 Å². The van der Waals surface area contributed by atoms with Gasteiger partial charge in [-0.1, -0.05) is 17.4 Å². The maximum absolute atomic E-state index is 12.9. The molecule has 1 saturated heterocycles. The van der Waals surface area contributed by atoms with Gasteiger partial charge in [0.15, 0.2) is 16.6 Å². The van der Waals surface area contributed by atoms with Crippen molar-refractivity contribution in [2.75, 3.05) is 45.0 Å². The molecule has 2 aliphatic rings. The minimum atomic E-state index is 0.0183. The van der Waals surface area contributed by atoms with Gasteiger partial charge in [-0.05, 0) is 36.8 Å². The molecule has 5 rings (SSSR count). The van der Waals surface area contributed by atoms with Crippen LogP contribution in [0.4, 0.5) is 5.13 Å². The average molecular weight is 411 g/mol. The van der Waals surface area contributed by atoms with Gasteiger partial charge in [0.1, 0.15) is 11.3 Å². The highest BCUT2D eigenvalue weighted by Gasteiger charge is 2.26. The number of piperazine rings is 1. The van der Waals surface area contributed by atoms with Crippen molar-refractivity contribution in [3.05, 3.63) is 41.5 Å². The van der Waals surface area contributed by atoms with Crippen molar-refractivity contribution in [2.45, 2.75) is 6.92 Å². The van der Waals surface area contributed by atoms with Crippen molar-refractivity contribution in [2.24, 2.45) is 0 Å². The third kappa shape index (κ3) is 3.13. The number of hydrogen-bond acceptors (Lipinski definition) is 7. The fourth-order valence-corrected chi connectivity index (χ4v) is 4.81. The zero-order valence-electron chi connectivity index (χ0n) is 16.3. The van der Waals surface area contributed by atoms with Crippen LogP contribution < -0.4 is 19.1 Å². The zero-order valence-corrected chi connectivity index (χ0v) is 17.1. The average Bonchev–Trinajstić information content (AvgIpc) is 3.41. The van der Waals surface area contributed by atoms with Gasteiger partial charge in [-0.2, -0.15) is 0 Å². The second-order valence-electron chi connectivity index (χ2n) is 7.11. The lowest BCUT2D eigenvalue weighted by molar-refractivity contribution is 0.0746. The lowest BCUT2D eigenvalue weighted by Gasteiger charge is -2.34. The van der Waals surface area contributed by atoms with Crippen molar-refractivity contribution in [1.82, 2.24) is 9.88 Å². The first-order chi connectivity index (χ1) is 14.1. The molecule has 0 radical (unpaired) electrons. The minimum Gasteiger partial charge on any atom is -0.494 e. The quantitative estimate of drug-likeness (QED) is 0.659. The molecule has 29 heavy (non-hydrogen) atoms. The van der Waals surface area contributed by atoms with E-state index in [0.717, 1.165) is 34.2 Å². The molecule has 1 amide bonds. The largest absolute Gasteiger partial charge is 0.494 e. The Bertz CT molecular complexity index is 1090. The number of aromatic nitrogens is 1. The van der Waals surface area contributed by atoms with Gasteiger partial charge in [0, 0.05) is 31.7 Å². The Labute approximate surface area is 172 Å². The predicted octanol–water partition coefficient (Wildman–Crippen LogP) is 3.30. The van der Waals surface area contributed by atoms with Gasteiger partial charge in [-0.25, -0.2) is 4.98 Å². The highest BCUT2D eigenvalue weighted by Crippen LogP contribution is 2.37. The zero-order chi connectivity index (χ0) is 20.0. The van der Waals surface area contributed by atoms with Gasteiger partial charge in [0.2, 0.25) is 6.79 Å². The molecule has 1 fully saturated rings. The summed E-state index contributed by atoms with van der Waals surface area (Å²) in [7, 11) is 1.67. The third-order valence-corrected chi connectivity index (χ3v) is 6.62. The molecule has 8 heteroatoms. The molecule has 0 spiro atoms. The van der Waals surface area contributed by atoms with E-state index in [1.807, 2.05) is 11.0 Å². The molecule has 2 aliphatic heterocycles. The Balaban J connectivity index is 1.31. The summed E-state index contributed by atoms with van der Waals surface area (Å²) in [5, 5.41) is 0.975. The molecule has 1 aromatic heterocycles. The van der Waals surface area contributed by atoms with Crippen molar-refractivity contribution in [1.29, 1.82) is 0 Å². The summed E-state index contributed by atoms with van der Waals surface area (Å²) < 4.78 is 17.3. The summed E-state index contributed by atoms with van der Waals surface area (Å²) in [6.45, 7) is 5.09. The van der Waals surface area contributed by atoms with Gasteiger partial charge in [-0.3, -0.25) is 4.79 Å². The molecule has 7 nitrogen and oxygen atoms in total. The number of nitrogens with zero attached hydrogens (tertiary/aromatic N) is 3. The molecule has 0 atom stereocenters. The monoisotopic (exact) mass is 411 g/mol. The lowest BCUT2D eigenvalue weighted by atomic mass is 10.1. The fraction of sp³-hybridized carbons (Fsp3) is 0.333. The Kier molecular flexibility index (Phi) is 4.43. The van der Waals surface area contributed by atoms with Crippen LogP contribution in [0.3, 0.4) is 0 Å². The number of hydrogen-bond donors (Lipinski definition) is 0. The van der Waals surface area contributed by atoms with E-state index in [-0.39, 0.29) is 12.7 Å². The van der Waals surface area contributed by atoms with Crippen LogP contribution in [-0.4, -0.2) is 55.9 Å². The highest BCUT2D eigenvalue weighted by atomic mass is 32.1. The normalized spacial score (nSPS) is 15.8. The number of carbonyl (C=O) groups is 1. The van der Waals surface area contributed by atoms with Gasteiger partial charge < -0.3 is 24.0 Å². The Morgan fingerprint density at radius 3 is 2.69 bits per heavy atom. The molecule has 150 valence electrons. The van der Waals surface area contributed by atoms with E-state index in [1.54, 1.807) is 36.6 Å². The first kappa shape index (κ1) is 18.1. The Morgan fingerprint density at radius 2 is 1.90 bits per heavy atom. The van der Waals surface area contributed by atoms with Crippen LogP contribution in [0.1, 0.15) is 15.9 Å². The number of methoxy groups -OCH3 is 1. The van der Waals surface area contributed by atoms with E-state index in [9.17, 15) is 4.79 Å². The summed E-state index contributed by atoms with van der Waals surface area (Å²) in [5.41, 5.74) is 2.73. The number of anilines is 1. The van der Waals surface area contributed by atoms with E-state index in [4.69, 9.17) is 19.2 Å². The van der Waals surface area contributed by atoms with Gasteiger partial charge >= 0.3 is 0 Å². The number of amides is 1. The summed E-state index contributed by atoms with van der Waals surface area (Å²) in [5.74, 6) is 2.13. The lowest BCUT2D eigenvalue weighted by Crippen LogP contribution is -2.48. The molecule has 2 aromatic carbocycles.